The van der Waals surface area contributed by atoms with E-state index >= 15 is 0 Å². The molecule has 4 nitrogen and oxygen atoms in total. The van der Waals surface area contributed by atoms with E-state index in [0.717, 1.165) is 39.3 Å². The fraction of sp³-hybridized carbons (Fsp3) is 0.500. The van der Waals surface area contributed by atoms with Crippen molar-refractivity contribution in [1.29, 1.82) is 0 Å². The topological polar surface area (TPSA) is 49.8 Å². The Morgan fingerprint density at radius 3 is 2.28 bits per heavy atom. The van der Waals surface area contributed by atoms with E-state index in [1.807, 2.05) is 12.1 Å². The number of rotatable bonds is 5. The smallest absolute Gasteiger partial charge is 0.225 e. The van der Waals surface area contributed by atoms with Crippen LogP contribution in [0.3, 0.4) is 0 Å². The minimum absolute atomic E-state index is 0.515. The highest BCUT2D eigenvalue weighted by atomic mass is 35.5. The van der Waals surface area contributed by atoms with Crippen LogP contribution in [0.4, 0.5) is 17.5 Å². The second-order valence-electron chi connectivity index (χ2n) is 7.44. The Labute approximate surface area is 154 Å². The summed E-state index contributed by atoms with van der Waals surface area (Å²) in [5.41, 5.74) is 4.49. The van der Waals surface area contributed by atoms with Gasteiger partial charge in [-0.25, -0.2) is 4.98 Å². The van der Waals surface area contributed by atoms with Crippen LogP contribution in [0.2, 0.25) is 5.02 Å². The van der Waals surface area contributed by atoms with Gasteiger partial charge in [0.2, 0.25) is 5.95 Å². The van der Waals surface area contributed by atoms with Gasteiger partial charge in [-0.15, -0.1) is 0 Å². The maximum atomic E-state index is 6.16. The minimum atomic E-state index is 0.515. The maximum Gasteiger partial charge on any atom is 0.225 e. The fourth-order valence-corrected chi connectivity index (χ4v) is 4.00. The summed E-state index contributed by atoms with van der Waals surface area (Å²) in [7, 11) is 0. The fourth-order valence-electron chi connectivity index (χ4n) is 3.67. The first-order chi connectivity index (χ1) is 12.1. The van der Waals surface area contributed by atoms with Gasteiger partial charge in [0.25, 0.3) is 0 Å². The van der Waals surface area contributed by atoms with Gasteiger partial charge in [0.15, 0.2) is 0 Å². The van der Waals surface area contributed by atoms with Crippen molar-refractivity contribution in [2.75, 3.05) is 10.6 Å². The first-order valence-electron chi connectivity index (χ1n) is 9.28. The summed E-state index contributed by atoms with van der Waals surface area (Å²) in [6.45, 7) is 4.14. The molecule has 0 unspecified atom stereocenters. The van der Waals surface area contributed by atoms with E-state index in [0.29, 0.717) is 12.0 Å². The second-order valence-corrected chi connectivity index (χ2v) is 7.88. The Balaban J connectivity index is 1.63. The van der Waals surface area contributed by atoms with Gasteiger partial charge in [0, 0.05) is 28.7 Å². The Kier molecular flexibility index (Phi) is 4.55. The van der Waals surface area contributed by atoms with E-state index in [-0.39, 0.29) is 0 Å². The number of anilines is 3. The molecule has 4 rings (SSSR count). The molecule has 0 amide bonds. The molecule has 0 aliphatic heterocycles. The van der Waals surface area contributed by atoms with Gasteiger partial charge in [0.05, 0.1) is 5.69 Å². The molecule has 132 valence electrons. The van der Waals surface area contributed by atoms with Crippen LogP contribution in [-0.4, -0.2) is 16.0 Å². The van der Waals surface area contributed by atoms with Crippen LogP contribution in [0.1, 0.15) is 61.3 Å². The van der Waals surface area contributed by atoms with Gasteiger partial charge < -0.3 is 10.6 Å². The molecule has 2 fully saturated rings. The van der Waals surface area contributed by atoms with Crippen molar-refractivity contribution in [1.82, 2.24) is 9.97 Å². The number of aromatic nitrogens is 2. The van der Waals surface area contributed by atoms with Crippen LogP contribution in [-0.2, 0) is 0 Å². The van der Waals surface area contributed by atoms with E-state index in [2.05, 4.69) is 30.5 Å². The zero-order chi connectivity index (χ0) is 17.4. The number of halogens is 1. The van der Waals surface area contributed by atoms with Gasteiger partial charge in [-0.3, -0.25) is 0 Å². The summed E-state index contributed by atoms with van der Waals surface area (Å²) >= 11 is 6.16. The molecule has 0 saturated heterocycles. The molecule has 25 heavy (non-hydrogen) atoms. The molecule has 1 aromatic heterocycles. The van der Waals surface area contributed by atoms with Crippen molar-refractivity contribution in [3.63, 3.8) is 0 Å². The monoisotopic (exact) mass is 356 g/mol. The summed E-state index contributed by atoms with van der Waals surface area (Å²) < 4.78 is 0. The summed E-state index contributed by atoms with van der Waals surface area (Å²) in [5, 5.41) is 7.82. The van der Waals surface area contributed by atoms with Crippen molar-refractivity contribution in [2.24, 2.45) is 0 Å². The second kappa shape index (κ2) is 6.83. The van der Waals surface area contributed by atoms with Crippen molar-refractivity contribution in [2.45, 2.75) is 64.3 Å². The lowest BCUT2D eigenvalue weighted by Crippen LogP contribution is -2.17. The molecule has 2 aliphatic carbocycles. The third kappa shape index (κ3) is 3.90. The predicted octanol–water partition coefficient (Wildman–Crippen LogP) is 5.72. The van der Waals surface area contributed by atoms with Crippen LogP contribution < -0.4 is 10.6 Å². The van der Waals surface area contributed by atoms with E-state index < -0.39 is 0 Å². The number of aryl methyl sites for hydroxylation is 2. The lowest BCUT2D eigenvalue weighted by molar-refractivity contribution is 0.742. The highest BCUT2D eigenvalue weighted by Gasteiger charge is 2.27. The zero-order valence-electron chi connectivity index (χ0n) is 14.9. The summed E-state index contributed by atoms with van der Waals surface area (Å²) in [5.74, 6) is 2.23. The third-order valence-corrected chi connectivity index (χ3v) is 5.40. The Bertz CT molecular complexity index is 756. The summed E-state index contributed by atoms with van der Waals surface area (Å²) in [4.78, 5) is 9.52. The summed E-state index contributed by atoms with van der Waals surface area (Å²) in [6.07, 6.45) is 7.50. The molecular formula is C20H25ClN4. The van der Waals surface area contributed by atoms with Crippen molar-refractivity contribution in [3.05, 3.63) is 40.0 Å². The van der Waals surface area contributed by atoms with E-state index in [1.54, 1.807) is 0 Å². The highest BCUT2D eigenvalue weighted by molar-refractivity contribution is 6.30. The molecule has 2 aromatic rings. The lowest BCUT2D eigenvalue weighted by Gasteiger charge is -2.16. The number of nitrogens with one attached hydrogen (secondary N) is 2. The Morgan fingerprint density at radius 2 is 1.64 bits per heavy atom. The molecule has 2 aliphatic rings. The molecule has 2 N–H and O–H groups in total. The van der Waals surface area contributed by atoms with Crippen molar-refractivity contribution in [3.8, 4) is 0 Å². The summed E-state index contributed by atoms with van der Waals surface area (Å²) in [6, 6.07) is 6.58. The van der Waals surface area contributed by atoms with Crippen LogP contribution in [0.15, 0.2) is 18.2 Å². The van der Waals surface area contributed by atoms with Crippen LogP contribution >= 0.6 is 11.6 Å². The largest absolute Gasteiger partial charge is 0.351 e. The Hall–Kier alpha value is -1.81. The van der Waals surface area contributed by atoms with Gasteiger partial charge in [-0.05, 0) is 62.8 Å². The van der Waals surface area contributed by atoms with Gasteiger partial charge in [-0.2, -0.15) is 4.98 Å². The van der Waals surface area contributed by atoms with Gasteiger partial charge in [-0.1, -0.05) is 24.4 Å². The van der Waals surface area contributed by atoms with E-state index in [1.165, 1.54) is 38.5 Å². The third-order valence-electron chi connectivity index (χ3n) is 5.18. The van der Waals surface area contributed by atoms with Gasteiger partial charge in [0.1, 0.15) is 5.82 Å². The molecule has 0 atom stereocenters. The quantitative estimate of drug-likeness (QED) is 0.719. The number of hydrogen-bond acceptors (Lipinski definition) is 4. The molecule has 2 saturated carbocycles. The molecule has 0 radical (unpaired) electrons. The number of benzene rings is 1. The number of hydrogen-bond donors (Lipinski definition) is 2. The molecular weight excluding hydrogens is 332 g/mol. The molecule has 0 spiro atoms. The number of nitrogens with zero attached hydrogens (tertiary/aromatic N) is 2. The maximum absolute atomic E-state index is 6.16. The highest BCUT2D eigenvalue weighted by Crippen LogP contribution is 2.40. The minimum Gasteiger partial charge on any atom is -0.351 e. The lowest BCUT2D eigenvalue weighted by atomic mass is 10.1. The molecule has 1 aromatic carbocycles. The standard InChI is InChI=1S/C20H25ClN4/c1-12-9-15(21)10-13(2)19(12)24-18-11-17(14-7-8-14)23-20(25-18)22-16-5-3-4-6-16/h9-11,14,16H,3-8H2,1-2H3,(H2,22,23,24,25). The van der Waals surface area contributed by atoms with Crippen molar-refractivity contribution >= 4 is 29.1 Å². The van der Waals surface area contributed by atoms with Crippen LogP contribution in [0.25, 0.3) is 0 Å². The SMILES string of the molecule is Cc1cc(Cl)cc(C)c1Nc1cc(C2CC2)nc(NC2CCCC2)n1. The normalized spacial score (nSPS) is 17.7. The van der Waals surface area contributed by atoms with Crippen LogP contribution in [0, 0.1) is 13.8 Å². The van der Waals surface area contributed by atoms with Crippen molar-refractivity contribution < 1.29 is 0 Å². The average Bonchev–Trinajstić information content (AvgIpc) is 3.29. The molecule has 1 heterocycles. The van der Waals surface area contributed by atoms with E-state index in [9.17, 15) is 0 Å². The zero-order valence-corrected chi connectivity index (χ0v) is 15.7. The first kappa shape index (κ1) is 16.6. The first-order valence-corrected chi connectivity index (χ1v) is 9.65. The molecule has 5 heteroatoms. The predicted molar refractivity (Wildman–Crippen MR) is 104 cm³/mol. The van der Waals surface area contributed by atoms with Gasteiger partial charge >= 0.3 is 0 Å². The van der Waals surface area contributed by atoms with Crippen LogP contribution in [0.5, 0.6) is 0 Å². The Morgan fingerprint density at radius 1 is 0.960 bits per heavy atom. The van der Waals surface area contributed by atoms with E-state index in [4.69, 9.17) is 21.6 Å². The average molecular weight is 357 g/mol. The molecule has 0 bridgehead atoms.